The number of ether oxygens (including phenoxy) is 4. The molecule has 0 heterocycles. The zero-order valence-corrected chi connectivity index (χ0v) is 20.5. The van der Waals surface area contributed by atoms with Crippen LogP contribution in [-0.4, -0.2) is 76.1 Å². The summed E-state index contributed by atoms with van der Waals surface area (Å²) in [5.74, 6) is -2.78. The van der Waals surface area contributed by atoms with E-state index in [2.05, 4.69) is 5.32 Å². The Bertz CT molecular complexity index is 635. The van der Waals surface area contributed by atoms with Crippen molar-refractivity contribution in [2.24, 2.45) is 11.8 Å². The molecule has 0 saturated heterocycles. The molecule has 10 nitrogen and oxygen atoms in total. The number of ketones is 2. The highest BCUT2D eigenvalue weighted by molar-refractivity contribution is 5.92. The Hall–Kier alpha value is -2.33. The summed E-state index contributed by atoms with van der Waals surface area (Å²) in [5.41, 5.74) is 0. The van der Waals surface area contributed by atoms with Crippen LogP contribution in [0.15, 0.2) is 0 Å². The number of rotatable bonds is 19. The Balaban J connectivity index is 4.59. The van der Waals surface area contributed by atoms with E-state index in [-0.39, 0.29) is 63.0 Å². The summed E-state index contributed by atoms with van der Waals surface area (Å²) >= 11 is 0. The Morgan fingerprint density at radius 3 is 1.70 bits per heavy atom. The second kappa shape index (κ2) is 18.1. The van der Waals surface area contributed by atoms with E-state index in [1.54, 1.807) is 6.92 Å². The van der Waals surface area contributed by atoms with Crippen molar-refractivity contribution >= 4 is 29.4 Å². The number of amides is 1. The lowest BCUT2D eigenvalue weighted by Crippen LogP contribution is -2.42. The summed E-state index contributed by atoms with van der Waals surface area (Å²) in [4.78, 5) is 60.5. The van der Waals surface area contributed by atoms with E-state index in [1.165, 1.54) is 21.1 Å². The summed E-state index contributed by atoms with van der Waals surface area (Å²) in [7, 11) is 3.00. The van der Waals surface area contributed by atoms with Crippen molar-refractivity contribution in [1.82, 2.24) is 5.32 Å². The van der Waals surface area contributed by atoms with Crippen molar-refractivity contribution in [1.29, 1.82) is 0 Å². The SMILES string of the molecule is CC[C@@H](CCC(=O)OCCOC)C(=O)N[C@@H](C)C(=O)CC(CCC(=O)OCCOC)C(C)=O. The zero-order valence-electron chi connectivity index (χ0n) is 20.5. The third-order valence-electron chi connectivity index (χ3n) is 5.22. The quantitative estimate of drug-likeness (QED) is 0.219. The van der Waals surface area contributed by atoms with Crippen LogP contribution in [-0.2, 0) is 42.9 Å². The maximum Gasteiger partial charge on any atom is 0.305 e. The minimum atomic E-state index is -0.796. The van der Waals surface area contributed by atoms with E-state index in [0.29, 0.717) is 19.4 Å². The fourth-order valence-electron chi connectivity index (χ4n) is 3.01. The number of Topliss-reactive ketones (excluding diaryl/α,β-unsaturated/α-hetero) is 2. The topological polar surface area (TPSA) is 134 Å². The van der Waals surface area contributed by atoms with Gasteiger partial charge in [-0.15, -0.1) is 0 Å². The van der Waals surface area contributed by atoms with Gasteiger partial charge in [-0.2, -0.15) is 0 Å². The van der Waals surface area contributed by atoms with Crippen LogP contribution in [0.2, 0.25) is 0 Å². The molecule has 0 fully saturated rings. The van der Waals surface area contributed by atoms with Gasteiger partial charge in [0, 0.05) is 45.3 Å². The lowest BCUT2D eigenvalue weighted by Gasteiger charge is -2.20. The van der Waals surface area contributed by atoms with Crippen LogP contribution >= 0.6 is 0 Å². The summed E-state index contributed by atoms with van der Waals surface area (Å²) in [6.07, 6.45) is 1.02. The van der Waals surface area contributed by atoms with E-state index in [9.17, 15) is 24.0 Å². The van der Waals surface area contributed by atoms with Gasteiger partial charge in [-0.1, -0.05) is 6.92 Å². The lowest BCUT2D eigenvalue weighted by atomic mass is 9.91. The molecule has 0 aromatic carbocycles. The maximum atomic E-state index is 12.6. The molecule has 0 aromatic heterocycles. The largest absolute Gasteiger partial charge is 0.463 e. The van der Waals surface area contributed by atoms with Crippen LogP contribution in [0.5, 0.6) is 0 Å². The van der Waals surface area contributed by atoms with Gasteiger partial charge in [0.05, 0.1) is 19.3 Å². The molecule has 0 aliphatic rings. The van der Waals surface area contributed by atoms with E-state index in [0.717, 1.165) is 0 Å². The fourth-order valence-corrected chi connectivity index (χ4v) is 3.01. The number of hydrogen-bond acceptors (Lipinski definition) is 9. The van der Waals surface area contributed by atoms with Crippen molar-refractivity contribution in [3.63, 3.8) is 0 Å². The van der Waals surface area contributed by atoms with Crippen LogP contribution in [0, 0.1) is 11.8 Å². The number of methoxy groups -OCH3 is 2. The fraction of sp³-hybridized carbons (Fsp3) is 0.783. The molecule has 10 heteroatoms. The number of carbonyl (C=O) groups excluding carboxylic acids is 5. The molecule has 0 spiro atoms. The first-order chi connectivity index (χ1) is 15.7. The lowest BCUT2D eigenvalue weighted by molar-refractivity contribution is -0.146. The second-order valence-electron chi connectivity index (χ2n) is 7.82. The summed E-state index contributed by atoms with van der Waals surface area (Å²) in [6.45, 7) is 5.63. The van der Waals surface area contributed by atoms with Gasteiger partial charge in [0.15, 0.2) is 5.78 Å². The van der Waals surface area contributed by atoms with Gasteiger partial charge in [0.25, 0.3) is 0 Å². The monoisotopic (exact) mass is 473 g/mol. The van der Waals surface area contributed by atoms with Crippen LogP contribution in [0.1, 0.15) is 59.3 Å². The molecule has 1 unspecified atom stereocenters. The first-order valence-electron chi connectivity index (χ1n) is 11.3. The van der Waals surface area contributed by atoms with E-state index in [4.69, 9.17) is 18.9 Å². The predicted molar refractivity (Wildman–Crippen MR) is 119 cm³/mol. The van der Waals surface area contributed by atoms with Crippen LogP contribution < -0.4 is 5.32 Å². The molecule has 190 valence electrons. The molecule has 33 heavy (non-hydrogen) atoms. The molecule has 3 atom stereocenters. The Morgan fingerprint density at radius 1 is 0.788 bits per heavy atom. The first-order valence-corrected chi connectivity index (χ1v) is 11.3. The number of esters is 2. The zero-order chi connectivity index (χ0) is 25.2. The Morgan fingerprint density at radius 2 is 1.27 bits per heavy atom. The third-order valence-corrected chi connectivity index (χ3v) is 5.22. The molecule has 0 saturated carbocycles. The maximum absolute atomic E-state index is 12.6. The van der Waals surface area contributed by atoms with Gasteiger partial charge in [-0.05, 0) is 33.1 Å². The van der Waals surface area contributed by atoms with Crippen LogP contribution in [0.3, 0.4) is 0 Å². The van der Waals surface area contributed by atoms with Gasteiger partial charge in [-0.25, -0.2) is 0 Å². The molecule has 0 aliphatic carbocycles. The van der Waals surface area contributed by atoms with Crippen molar-refractivity contribution in [3.8, 4) is 0 Å². The number of hydrogen-bond donors (Lipinski definition) is 1. The number of carbonyl (C=O) groups is 5. The summed E-state index contributed by atoms with van der Waals surface area (Å²) < 4.78 is 19.6. The molecule has 1 amide bonds. The van der Waals surface area contributed by atoms with E-state index < -0.39 is 29.8 Å². The van der Waals surface area contributed by atoms with Gasteiger partial charge < -0.3 is 24.3 Å². The predicted octanol–water partition coefficient (Wildman–Crippen LogP) is 1.62. The van der Waals surface area contributed by atoms with Crippen LogP contribution in [0.4, 0.5) is 0 Å². The smallest absolute Gasteiger partial charge is 0.305 e. The van der Waals surface area contributed by atoms with Gasteiger partial charge in [0.2, 0.25) is 5.91 Å². The molecule has 0 rings (SSSR count). The molecule has 1 N–H and O–H groups in total. The molecule has 0 aliphatic heterocycles. The van der Waals surface area contributed by atoms with Crippen molar-refractivity contribution in [2.75, 3.05) is 40.6 Å². The third kappa shape index (κ3) is 14.4. The summed E-state index contributed by atoms with van der Waals surface area (Å²) in [5, 5.41) is 2.67. The second-order valence-corrected chi connectivity index (χ2v) is 7.82. The van der Waals surface area contributed by atoms with Gasteiger partial charge in [-0.3, -0.25) is 24.0 Å². The highest BCUT2D eigenvalue weighted by Crippen LogP contribution is 2.16. The number of nitrogens with one attached hydrogen (secondary N) is 1. The van der Waals surface area contributed by atoms with E-state index in [1.807, 2.05) is 6.92 Å². The first kappa shape index (κ1) is 30.7. The van der Waals surface area contributed by atoms with Crippen molar-refractivity contribution in [3.05, 3.63) is 0 Å². The highest BCUT2D eigenvalue weighted by Gasteiger charge is 2.26. The van der Waals surface area contributed by atoms with Gasteiger partial charge >= 0.3 is 11.9 Å². The normalized spacial score (nSPS) is 13.5. The highest BCUT2D eigenvalue weighted by atomic mass is 16.6. The molecule has 0 aromatic rings. The minimum absolute atomic E-state index is 0.0143. The van der Waals surface area contributed by atoms with Crippen LogP contribution in [0.25, 0.3) is 0 Å². The molecular weight excluding hydrogens is 434 g/mol. The molecule has 0 radical (unpaired) electrons. The average molecular weight is 474 g/mol. The van der Waals surface area contributed by atoms with E-state index >= 15 is 0 Å². The Labute approximate surface area is 196 Å². The van der Waals surface area contributed by atoms with Crippen molar-refractivity contribution in [2.45, 2.75) is 65.3 Å². The summed E-state index contributed by atoms with van der Waals surface area (Å²) in [6, 6.07) is -0.796. The molecule has 0 bridgehead atoms. The standard InChI is InChI=1S/C23H39NO9/c1-6-18(7-9-21(27)32-13-11-30-4)23(29)24-16(2)20(26)15-19(17(3)25)8-10-22(28)33-14-12-31-5/h16,18-19H,6-15H2,1-5H3,(H,24,29)/t16-,18-,19?/m0/s1. The molecular formula is C23H39NO9. The minimum Gasteiger partial charge on any atom is -0.463 e. The van der Waals surface area contributed by atoms with Crippen molar-refractivity contribution < 1.29 is 42.9 Å². The van der Waals surface area contributed by atoms with Gasteiger partial charge in [0.1, 0.15) is 19.0 Å². The Kier molecular flexibility index (Phi) is 16.9. The average Bonchev–Trinajstić information content (AvgIpc) is 2.76.